The van der Waals surface area contributed by atoms with Gasteiger partial charge in [0.2, 0.25) is 0 Å². The van der Waals surface area contributed by atoms with Crippen molar-refractivity contribution in [2.45, 2.75) is 19.3 Å². The molecule has 1 rings (SSSR count). The first-order valence-electron chi connectivity index (χ1n) is 3.89. The van der Waals surface area contributed by atoms with Gasteiger partial charge in [0.15, 0.2) is 0 Å². The van der Waals surface area contributed by atoms with Gasteiger partial charge < -0.3 is 10.9 Å². The van der Waals surface area contributed by atoms with Gasteiger partial charge in [-0.15, -0.1) is 0 Å². The third-order valence-corrected chi connectivity index (χ3v) is 3.09. The Morgan fingerprint density at radius 2 is 2.27 bits per heavy atom. The Balaban J connectivity index is 2.42. The minimum absolute atomic E-state index is 0.315. The molecule has 1 atom stereocenters. The van der Waals surface area contributed by atoms with Gasteiger partial charge in [-0.2, -0.15) is 11.8 Å². The van der Waals surface area contributed by atoms with Gasteiger partial charge in [-0.25, -0.2) is 0 Å². The van der Waals surface area contributed by atoms with Crippen molar-refractivity contribution in [1.29, 1.82) is 0 Å². The molecule has 3 N–H and O–H groups in total. The quantitative estimate of drug-likeness (QED) is 0.272. The smallest absolute Gasteiger partial charge is 0.142 e. The zero-order valence-corrected chi connectivity index (χ0v) is 7.31. The van der Waals surface area contributed by atoms with Gasteiger partial charge >= 0.3 is 0 Å². The summed E-state index contributed by atoms with van der Waals surface area (Å²) in [5, 5.41) is 11.5. The number of thioether (sulfide) groups is 1. The molecule has 64 valence electrons. The Morgan fingerprint density at radius 1 is 1.45 bits per heavy atom. The standard InChI is InChI=1S/C7H14N2OS/c8-7(9-10)6-2-1-4-11-5-3-6/h6,10H,1-5H2,(H2,8,9)/t6-/m1/s1. The van der Waals surface area contributed by atoms with Gasteiger partial charge in [0, 0.05) is 5.92 Å². The molecule has 4 heteroatoms. The Morgan fingerprint density at radius 3 is 3.00 bits per heavy atom. The molecule has 0 amide bonds. The van der Waals surface area contributed by atoms with E-state index in [0.717, 1.165) is 18.6 Å². The van der Waals surface area contributed by atoms with E-state index in [1.54, 1.807) is 0 Å². The van der Waals surface area contributed by atoms with E-state index >= 15 is 0 Å². The molecule has 1 saturated heterocycles. The number of nitrogens with zero attached hydrogens (tertiary/aromatic N) is 1. The minimum Gasteiger partial charge on any atom is -0.409 e. The SMILES string of the molecule is NC(=NO)[C@@H]1CCCSCC1. The summed E-state index contributed by atoms with van der Waals surface area (Å²) in [4.78, 5) is 0. The molecule has 0 unspecified atom stereocenters. The predicted octanol–water partition coefficient (Wildman–Crippen LogP) is 1.27. The topological polar surface area (TPSA) is 58.6 Å². The zero-order chi connectivity index (χ0) is 8.10. The Hall–Kier alpha value is -0.380. The van der Waals surface area contributed by atoms with Crippen LogP contribution in [0.4, 0.5) is 0 Å². The highest BCUT2D eigenvalue weighted by Crippen LogP contribution is 2.21. The summed E-state index contributed by atoms with van der Waals surface area (Å²) in [7, 11) is 0. The highest BCUT2D eigenvalue weighted by molar-refractivity contribution is 7.99. The van der Waals surface area contributed by atoms with Crippen molar-refractivity contribution in [2.24, 2.45) is 16.8 Å². The summed E-state index contributed by atoms with van der Waals surface area (Å²) in [5.74, 6) is 3.08. The molecule has 0 aromatic heterocycles. The van der Waals surface area contributed by atoms with E-state index in [4.69, 9.17) is 10.9 Å². The van der Waals surface area contributed by atoms with Crippen LogP contribution in [0.3, 0.4) is 0 Å². The van der Waals surface area contributed by atoms with Crippen molar-refractivity contribution in [3.63, 3.8) is 0 Å². The maximum atomic E-state index is 8.44. The third-order valence-electron chi connectivity index (χ3n) is 1.99. The van der Waals surface area contributed by atoms with Crippen LogP contribution in [-0.4, -0.2) is 22.5 Å². The number of hydrogen-bond acceptors (Lipinski definition) is 3. The molecule has 1 heterocycles. The summed E-state index contributed by atoms with van der Waals surface area (Å²) in [6.45, 7) is 0. The first-order valence-corrected chi connectivity index (χ1v) is 5.05. The molecule has 11 heavy (non-hydrogen) atoms. The maximum Gasteiger partial charge on any atom is 0.142 e. The van der Waals surface area contributed by atoms with E-state index < -0.39 is 0 Å². The molecule has 0 spiro atoms. The van der Waals surface area contributed by atoms with Crippen LogP contribution >= 0.6 is 11.8 Å². The average Bonchev–Trinajstić information content (AvgIpc) is 2.30. The maximum absolute atomic E-state index is 8.44. The summed E-state index contributed by atoms with van der Waals surface area (Å²) in [6, 6.07) is 0. The molecule has 0 aromatic carbocycles. The van der Waals surface area contributed by atoms with E-state index in [0.29, 0.717) is 11.8 Å². The Kier molecular flexibility index (Phi) is 3.56. The molecule has 0 bridgehead atoms. The fourth-order valence-electron chi connectivity index (χ4n) is 1.28. The zero-order valence-electron chi connectivity index (χ0n) is 6.49. The molecular weight excluding hydrogens is 160 g/mol. The second-order valence-corrected chi connectivity index (χ2v) is 3.99. The average molecular weight is 174 g/mol. The Labute approximate surface area is 71.0 Å². The number of rotatable bonds is 1. The molecule has 1 fully saturated rings. The van der Waals surface area contributed by atoms with Crippen molar-refractivity contribution >= 4 is 17.6 Å². The number of nitrogens with two attached hydrogens (primary N) is 1. The summed E-state index contributed by atoms with van der Waals surface area (Å²) in [6.07, 6.45) is 3.31. The first-order chi connectivity index (χ1) is 5.34. The highest BCUT2D eigenvalue weighted by Gasteiger charge is 2.15. The molecule has 0 radical (unpaired) electrons. The fraction of sp³-hybridized carbons (Fsp3) is 0.857. The first kappa shape index (κ1) is 8.71. The number of amidine groups is 1. The van der Waals surface area contributed by atoms with Crippen LogP contribution in [-0.2, 0) is 0 Å². The van der Waals surface area contributed by atoms with E-state index in [1.165, 1.54) is 12.2 Å². The van der Waals surface area contributed by atoms with Crippen LogP contribution in [0.1, 0.15) is 19.3 Å². The largest absolute Gasteiger partial charge is 0.409 e. The molecule has 3 nitrogen and oxygen atoms in total. The van der Waals surface area contributed by atoms with Crippen LogP contribution in [0.15, 0.2) is 5.16 Å². The Bertz CT molecular complexity index is 141. The monoisotopic (exact) mass is 174 g/mol. The van der Waals surface area contributed by atoms with Gasteiger partial charge in [0.25, 0.3) is 0 Å². The molecule has 0 saturated carbocycles. The van der Waals surface area contributed by atoms with Crippen molar-refractivity contribution < 1.29 is 5.21 Å². The summed E-state index contributed by atoms with van der Waals surface area (Å²) in [5.41, 5.74) is 5.51. The van der Waals surface area contributed by atoms with E-state index in [-0.39, 0.29) is 0 Å². The van der Waals surface area contributed by atoms with Gasteiger partial charge in [0.05, 0.1) is 0 Å². The van der Waals surface area contributed by atoms with E-state index in [1.807, 2.05) is 11.8 Å². The van der Waals surface area contributed by atoms with Crippen molar-refractivity contribution in [3.8, 4) is 0 Å². The fourth-order valence-corrected chi connectivity index (χ4v) is 2.31. The number of hydrogen-bond donors (Lipinski definition) is 2. The van der Waals surface area contributed by atoms with Crippen LogP contribution in [0.25, 0.3) is 0 Å². The molecule has 1 aliphatic heterocycles. The van der Waals surface area contributed by atoms with Crippen LogP contribution in [0, 0.1) is 5.92 Å². The summed E-state index contributed by atoms with van der Waals surface area (Å²) < 4.78 is 0. The molecular formula is C7H14N2OS. The molecule has 0 aliphatic carbocycles. The normalized spacial score (nSPS) is 28.0. The lowest BCUT2D eigenvalue weighted by Crippen LogP contribution is -2.23. The van der Waals surface area contributed by atoms with Crippen LogP contribution in [0.5, 0.6) is 0 Å². The highest BCUT2D eigenvalue weighted by atomic mass is 32.2. The van der Waals surface area contributed by atoms with Crippen LogP contribution in [0.2, 0.25) is 0 Å². The van der Waals surface area contributed by atoms with Gasteiger partial charge in [0.1, 0.15) is 5.84 Å². The van der Waals surface area contributed by atoms with Gasteiger partial charge in [-0.3, -0.25) is 0 Å². The second-order valence-electron chi connectivity index (χ2n) is 2.77. The lowest BCUT2D eigenvalue weighted by molar-refractivity contribution is 0.313. The summed E-state index contributed by atoms with van der Waals surface area (Å²) >= 11 is 1.96. The van der Waals surface area contributed by atoms with Crippen LogP contribution < -0.4 is 5.73 Å². The molecule has 1 aliphatic rings. The third kappa shape index (κ3) is 2.61. The van der Waals surface area contributed by atoms with Gasteiger partial charge in [-0.1, -0.05) is 5.16 Å². The van der Waals surface area contributed by atoms with Gasteiger partial charge in [-0.05, 0) is 30.8 Å². The van der Waals surface area contributed by atoms with Crippen molar-refractivity contribution in [1.82, 2.24) is 0 Å². The lowest BCUT2D eigenvalue weighted by atomic mass is 10.00. The van der Waals surface area contributed by atoms with E-state index in [9.17, 15) is 0 Å². The van der Waals surface area contributed by atoms with E-state index in [2.05, 4.69) is 5.16 Å². The molecule has 0 aromatic rings. The van der Waals surface area contributed by atoms with Crippen molar-refractivity contribution in [3.05, 3.63) is 0 Å². The second kappa shape index (κ2) is 4.49. The van der Waals surface area contributed by atoms with Crippen molar-refractivity contribution in [2.75, 3.05) is 11.5 Å². The minimum atomic E-state index is 0.315. The predicted molar refractivity (Wildman–Crippen MR) is 48.1 cm³/mol. The lowest BCUT2D eigenvalue weighted by Gasteiger charge is -2.09. The number of oxime groups is 1.